The molecular weight excluding hydrogens is 256 g/mol. The van der Waals surface area contributed by atoms with Gasteiger partial charge in [-0.25, -0.2) is 4.79 Å². The fraction of sp³-hybridized carbons (Fsp3) is 0.333. The highest BCUT2D eigenvalue weighted by molar-refractivity contribution is 5.90. The maximum atomic E-state index is 11.9. The molecule has 0 aliphatic carbocycles. The number of carbonyl (C=O) groups excluding carboxylic acids is 1. The van der Waals surface area contributed by atoms with Crippen molar-refractivity contribution in [3.63, 3.8) is 0 Å². The normalized spacial score (nSPS) is 18.1. The summed E-state index contributed by atoms with van der Waals surface area (Å²) in [5.74, 6) is -0.957. The standard InChI is InChI=1S/C15H18N2O3/c1-15(2)14(20)16-9-10-17(15)12-6-3-11(4-7-12)5-8-13(18)19/h3-8H,9-10H2,1-2H3,(H,16,20)(H,18,19). The van der Waals surface area contributed by atoms with Crippen molar-refractivity contribution in [2.45, 2.75) is 19.4 Å². The van der Waals surface area contributed by atoms with Gasteiger partial charge in [0.05, 0.1) is 0 Å². The molecule has 1 heterocycles. The van der Waals surface area contributed by atoms with Crippen LogP contribution in [0.25, 0.3) is 6.08 Å². The van der Waals surface area contributed by atoms with Crippen LogP contribution >= 0.6 is 0 Å². The third kappa shape index (κ3) is 2.82. The van der Waals surface area contributed by atoms with Crippen molar-refractivity contribution in [2.24, 2.45) is 0 Å². The first kappa shape index (κ1) is 14.1. The highest BCUT2D eigenvalue weighted by Gasteiger charge is 2.37. The van der Waals surface area contributed by atoms with Crippen LogP contribution in [0.4, 0.5) is 5.69 Å². The van der Waals surface area contributed by atoms with E-state index in [1.165, 1.54) is 0 Å². The van der Waals surface area contributed by atoms with Gasteiger partial charge in [-0.15, -0.1) is 0 Å². The zero-order chi connectivity index (χ0) is 14.8. The largest absolute Gasteiger partial charge is 0.478 e. The van der Waals surface area contributed by atoms with E-state index in [1.807, 2.05) is 38.1 Å². The Labute approximate surface area is 117 Å². The van der Waals surface area contributed by atoms with Crippen molar-refractivity contribution < 1.29 is 14.7 Å². The lowest BCUT2D eigenvalue weighted by Gasteiger charge is -2.42. The summed E-state index contributed by atoms with van der Waals surface area (Å²) in [6.07, 6.45) is 2.65. The Bertz CT molecular complexity index is 547. The van der Waals surface area contributed by atoms with Gasteiger partial charge in [-0.2, -0.15) is 0 Å². The minimum atomic E-state index is -0.970. The summed E-state index contributed by atoms with van der Waals surface area (Å²) in [5, 5.41) is 11.5. The van der Waals surface area contributed by atoms with Gasteiger partial charge in [0.1, 0.15) is 5.54 Å². The number of nitrogens with zero attached hydrogens (tertiary/aromatic N) is 1. The second kappa shape index (κ2) is 5.36. The third-order valence-corrected chi connectivity index (χ3v) is 3.47. The van der Waals surface area contributed by atoms with Gasteiger partial charge in [-0.05, 0) is 37.6 Å². The molecule has 20 heavy (non-hydrogen) atoms. The van der Waals surface area contributed by atoms with Gasteiger partial charge in [0.2, 0.25) is 5.91 Å². The number of aliphatic carboxylic acids is 1. The van der Waals surface area contributed by atoms with E-state index in [-0.39, 0.29) is 5.91 Å². The van der Waals surface area contributed by atoms with Gasteiger partial charge in [0.15, 0.2) is 0 Å². The molecule has 0 bridgehead atoms. The van der Waals surface area contributed by atoms with E-state index < -0.39 is 11.5 Å². The second-order valence-corrected chi connectivity index (χ2v) is 5.23. The average molecular weight is 274 g/mol. The molecule has 0 saturated carbocycles. The fourth-order valence-electron chi connectivity index (χ4n) is 2.28. The Balaban J connectivity index is 2.21. The molecule has 1 aliphatic rings. The second-order valence-electron chi connectivity index (χ2n) is 5.23. The number of carbonyl (C=O) groups is 2. The van der Waals surface area contributed by atoms with E-state index >= 15 is 0 Å². The minimum absolute atomic E-state index is 0.0126. The first-order chi connectivity index (χ1) is 9.41. The number of benzene rings is 1. The third-order valence-electron chi connectivity index (χ3n) is 3.47. The molecule has 1 fully saturated rings. The summed E-state index contributed by atoms with van der Waals surface area (Å²) in [6.45, 7) is 5.16. The molecule has 1 aliphatic heterocycles. The van der Waals surface area contributed by atoms with Crippen LogP contribution in [-0.2, 0) is 9.59 Å². The molecule has 0 radical (unpaired) electrons. The van der Waals surface area contributed by atoms with Crippen LogP contribution in [0, 0.1) is 0 Å². The maximum Gasteiger partial charge on any atom is 0.328 e. The highest BCUT2D eigenvalue weighted by atomic mass is 16.4. The summed E-state index contributed by atoms with van der Waals surface area (Å²) in [5.41, 5.74) is 1.18. The molecule has 5 nitrogen and oxygen atoms in total. The van der Waals surface area contributed by atoms with E-state index in [1.54, 1.807) is 6.08 Å². The van der Waals surface area contributed by atoms with Crippen molar-refractivity contribution in [1.29, 1.82) is 0 Å². The number of hydrogen-bond acceptors (Lipinski definition) is 3. The fourth-order valence-corrected chi connectivity index (χ4v) is 2.28. The number of carboxylic acid groups (broad SMARTS) is 1. The molecule has 1 aromatic carbocycles. The number of nitrogens with one attached hydrogen (secondary N) is 1. The van der Waals surface area contributed by atoms with Crippen LogP contribution in [0.1, 0.15) is 19.4 Å². The van der Waals surface area contributed by atoms with E-state index in [0.29, 0.717) is 6.54 Å². The summed E-state index contributed by atoms with van der Waals surface area (Å²) in [7, 11) is 0. The number of carboxylic acids is 1. The van der Waals surface area contributed by atoms with Crippen LogP contribution in [0.2, 0.25) is 0 Å². The van der Waals surface area contributed by atoms with Crippen molar-refractivity contribution in [3.05, 3.63) is 35.9 Å². The first-order valence-electron chi connectivity index (χ1n) is 6.48. The van der Waals surface area contributed by atoms with Crippen molar-refractivity contribution in [2.75, 3.05) is 18.0 Å². The van der Waals surface area contributed by atoms with Crippen LogP contribution in [-0.4, -0.2) is 35.6 Å². The van der Waals surface area contributed by atoms with E-state index in [4.69, 9.17) is 5.11 Å². The smallest absolute Gasteiger partial charge is 0.328 e. The molecule has 2 rings (SSSR count). The predicted octanol–water partition coefficient (Wildman–Crippen LogP) is 1.50. The number of amides is 1. The van der Waals surface area contributed by atoms with Crippen LogP contribution in [0.5, 0.6) is 0 Å². The summed E-state index contributed by atoms with van der Waals surface area (Å²) in [6, 6.07) is 7.50. The molecular formula is C15H18N2O3. The SMILES string of the molecule is CC1(C)C(=O)NCCN1c1ccc(C=CC(=O)O)cc1. The van der Waals surface area contributed by atoms with E-state index in [2.05, 4.69) is 10.2 Å². The molecule has 2 N–H and O–H groups in total. The minimum Gasteiger partial charge on any atom is -0.478 e. The molecule has 1 saturated heterocycles. The molecule has 1 amide bonds. The molecule has 1 aromatic rings. The summed E-state index contributed by atoms with van der Waals surface area (Å²) >= 11 is 0. The van der Waals surface area contributed by atoms with Crippen LogP contribution in [0.3, 0.4) is 0 Å². The number of rotatable bonds is 3. The Morgan fingerprint density at radius 2 is 2.00 bits per heavy atom. The first-order valence-corrected chi connectivity index (χ1v) is 6.48. The molecule has 0 atom stereocenters. The average Bonchev–Trinajstić information content (AvgIpc) is 2.40. The van der Waals surface area contributed by atoms with E-state index in [0.717, 1.165) is 23.9 Å². The lowest BCUT2D eigenvalue weighted by atomic mass is 9.97. The van der Waals surface area contributed by atoms with Crippen LogP contribution < -0.4 is 10.2 Å². The van der Waals surface area contributed by atoms with Gasteiger partial charge in [-0.3, -0.25) is 4.79 Å². The number of anilines is 1. The summed E-state index contributed by atoms with van der Waals surface area (Å²) in [4.78, 5) is 24.4. The molecule has 5 heteroatoms. The zero-order valence-corrected chi connectivity index (χ0v) is 11.6. The van der Waals surface area contributed by atoms with Gasteiger partial charge in [0.25, 0.3) is 0 Å². The van der Waals surface area contributed by atoms with Gasteiger partial charge in [-0.1, -0.05) is 12.1 Å². The monoisotopic (exact) mass is 274 g/mol. The van der Waals surface area contributed by atoms with E-state index in [9.17, 15) is 9.59 Å². The molecule has 0 unspecified atom stereocenters. The van der Waals surface area contributed by atoms with Crippen molar-refractivity contribution in [3.8, 4) is 0 Å². The Morgan fingerprint density at radius 1 is 1.35 bits per heavy atom. The lowest BCUT2D eigenvalue weighted by molar-refractivity contribution is -0.131. The zero-order valence-electron chi connectivity index (χ0n) is 11.6. The maximum absolute atomic E-state index is 11.9. The Morgan fingerprint density at radius 3 is 2.60 bits per heavy atom. The number of hydrogen-bond donors (Lipinski definition) is 2. The van der Waals surface area contributed by atoms with Crippen LogP contribution in [0.15, 0.2) is 30.3 Å². The summed E-state index contributed by atoms with van der Waals surface area (Å²) < 4.78 is 0. The molecule has 0 aromatic heterocycles. The lowest BCUT2D eigenvalue weighted by Crippen LogP contribution is -2.62. The van der Waals surface area contributed by atoms with Crippen molar-refractivity contribution in [1.82, 2.24) is 5.32 Å². The van der Waals surface area contributed by atoms with Gasteiger partial charge < -0.3 is 15.3 Å². The number of piperazine rings is 1. The highest BCUT2D eigenvalue weighted by Crippen LogP contribution is 2.26. The molecule has 0 spiro atoms. The Kier molecular flexibility index (Phi) is 3.79. The predicted molar refractivity (Wildman–Crippen MR) is 77.5 cm³/mol. The quantitative estimate of drug-likeness (QED) is 0.820. The topological polar surface area (TPSA) is 69.6 Å². The van der Waals surface area contributed by atoms with Gasteiger partial charge >= 0.3 is 5.97 Å². The van der Waals surface area contributed by atoms with Crippen molar-refractivity contribution >= 4 is 23.6 Å². The molecule has 106 valence electrons. The Hall–Kier alpha value is -2.30. The van der Waals surface area contributed by atoms with Gasteiger partial charge in [0, 0.05) is 24.9 Å².